The Morgan fingerprint density at radius 1 is 1.06 bits per heavy atom. The molecule has 2 bridgehead atoms. The second kappa shape index (κ2) is 21.6. The normalized spacial score (nSPS) is 28.9. The summed E-state index contributed by atoms with van der Waals surface area (Å²) in [4.78, 5) is 58.3. The highest BCUT2D eigenvalue weighted by Crippen LogP contribution is 2.60. The summed E-state index contributed by atoms with van der Waals surface area (Å²) in [6.07, 6.45) is -1.40. The number of nitriles is 1. The molecule has 1 aliphatic carbocycles. The largest absolute Gasteiger partial charge is 0.474 e. The first kappa shape index (κ1) is 52.9. The van der Waals surface area contributed by atoms with Crippen LogP contribution in [0.5, 0.6) is 5.88 Å². The number of hydrogen-bond acceptors (Lipinski definition) is 19. The number of anilines is 1. The number of rotatable bonds is 16. The van der Waals surface area contributed by atoms with E-state index in [0.29, 0.717) is 12.3 Å². The molecule has 1 amide bonds. The zero-order valence-corrected chi connectivity index (χ0v) is 44.3. The summed E-state index contributed by atoms with van der Waals surface area (Å²) >= 11 is 10.7. The first-order valence-corrected chi connectivity index (χ1v) is 31.3. The molecule has 3 fully saturated rings. The van der Waals surface area contributed by atoms with Gasteiger partial charge in [0.1, 0.15) is 30.7 Å². The molecule has 0 aromatic carbocycles. The van der Waals surface area contributed by atoms with Gasteiger partial charge in [0.25, 0.3) is 5.56 Å². The van der Waals surface area contributed by atoms with E-state index in [9.17, 15) is 24.2 Å². The Bertz CT molecular complexity index is 2340. The van der Waals surface area contributed by atoms with Crippen LogP contribution in [-0.4, -0.2) is 108 Å². The number of fused-ring (bicyclic) bond motifs is 4. The van der Waals surface area contributed by atoms with Gasteiger partial charge >= 0.3 is 30.6 Å². The monoisotopic (exact) mass is 1030 g/mol. The molecule has 66 heavy (non-hydrogen) atoms. The Kier molecular flexibility index (Phi) is 17.3. The third-order valence-electron chi connectivity index (χ3n) is 11.9. The van der Waals surface area contributed by atoms with Gasteiger partial charge in [-0.3, -0.25) is 38.0 Å². The maximum absolute atomic E-state index is 14.4. The van der Waals surface area contributed by atoms with Gasteiger partial charge in [0.05, 0.1) is 44.7 Å². The molecule has 3 aromatic rings. The van der Waals surface area contributed by atoms with E-state index in [2.05, 4.69) is 48.6 Å². The van der Waals surface area contributed by atoms with Gasteiger partial charge in [-0.1, -0.05) is 81.5 Å². The summed E-state index contributed by atoms with van der Waals surface area (Å²) in [5.74, 6) is -1.14. The SMILES string of the molecule is CC(C)C(=O)Nc1nc2c(ncn2[C@@H]2O[C@@H]3CO[P@](=O)(S)O[C@H]4C[C@H](Oc5ccncn5)C[C@@H]4CO[P@@](=S)(OCCC#N)O[C@@H]2[C@@H]3O[Si](O[Si](O)(C(C)C)C(C)C)(C(C)C)C(C)C)c(=O)[nH]1. The molecular weight excluding hydrogens is 971 g/mol. The standard InChI is InChI=1S/C39H62N8O13P2S2Si2/c1-22(2)36(48)45-39-44-35-32(37(49)46-39)43-21-47(35)38-34-33(59-66(25(7)8,26(9)10)60-65(51,23(3)4)24(5)6)30(56-38)19-53-61(50,63)57-29-17-28(55-31-12-14-41-20-42-31)16-27(29)18-54-62(64,58-34)52-15-11-13-40/h12,14,20-30,33-34,38,51H,11,15-19H2,1-10H3,(H,50,63)(H2,44,45,46,48,49)/t27-,28-,29+,30-,33-,34-,38-,61+,62+/m1/s1. The molecule has 1 saturated carbocycles. The van der Waals surface area contributed by atoms with Gasteiger partial charge in [0.2, 0.25) is 17.7 Å². The summed E-state index contributed by atoms with van der Waals surface area (Å²) in [5.41, 5.74) is -1.76. The quantitative estimate of drug-likeness (QED) is 0.0479. The molecule has 3 N–H and O–H groups in total. The summed E-state index contributed by atoms with van der Waals surface area (Å²) in [5, 5.41) is 12.2. The average Bonchev–Trinajstić information content (AvgIpc) is 3.93. The third kappa shape index (κ3) is 11.9. The van der Waals surface area contributed by atoms with Crippen LogP contribution >= 0.6 is 25.8 Å². The van der Waals surface area contributed by atoms with Crippen molar-refractivity contribution in [2.75, 3.05) is 25.1 Å². The number of amides is 1. The maximum Gasteiger partial charge on any atom is 0.386 e. The van der Waals surface area contributed by atoms with Crippen molar-refractivity contribution in [2.24, 2.45) is 11.8 Å². The molecule has 3 aliphatic rings. The third-order valence-corrected chi connectivity index (χ3v) is 25.7. The van der Waals surface area contributed by atoms with Crippen molar-refractivity contribution >= 4 is 77.7 Å². The minimum absolute atomic E-state index is 0.00179. The van der Waals surface area contributed by atoms with Crippen LogP contribution < -0.4 is 15.6 Å². The Morgan fingerprint density at radius 2 is 1.77 bits per heavy atom. The van der Waals surface area contributed by atoms with Crippen molar-refractivity contribution in [1.29, 1.82) is 5.26 Å². The molecule has 6 rings (SSSR count). The number of hydrogen-bond donors (Lipinski definition) is 4. The second-order valence-corrected chi connectivity index (χ2v) is 32.7. The van der Waals surface area contributed by atoms with Crippen LogP contribution in [0, 0.1) is 23.2 Å². The van der Waals surface area contributed by atoms with E-state index in [1.807, 2.05) is 55.4 Å². The second-order valence-electron chi connectivity index (χ2n) is 18.2. The topological polar surface area (TPSA) is 263 Å². The molecule has 0 unspecified atom stereocenters. The summed E-state index contributed by atoms with van der Waals surface area (Å²) < 4.78 is 75.4. The van der Waals surface area contributed by atoms with Crippen LogP contribution in [-0.2, 0) is 57.1 Å². The molecule has 5 heterocycles. The van der Waals surface area contributed by atoms with Gasteiger partial charge in [0, 0.05) is 30.5 Å². The molecular formula is C39H62N8O13P2S2Si2. The van der Waals surface area contributed by atoms with Gasteiger partial charge in [-0.25, -0.2) is 19.5 Å². The molecule has 0 radical (unpaired) electrons. The fraction of sp³-hybridized carbons (Fsp3) is 0.718. The van der Waals surface area contributed by atoms with Crippen molar-refractivity contribution in [1.82, 2.24) is 29.5 Å². The Morgan fingerprint density at radius 3 is 2.39 bits per heavy atom. The number of thiol groups is 1. The first-order valence-electron chi connectivity index (χ1n) is 22.1. The van der Waals surface area contributed by atoms with Gasteiger partial charge < -0.3 is 31.9 Å². The highest BCUT2D eigenvalue weighted by atomic mass is 32.7. The number of imidazole rings is 1. The molecule has 2 saturated heterocycles. The Balaban J connectivity index is 1.51. The molecule has 2 aliphatic heterocycles. The van der Waals surface area contributed by atoms with Crippen LogP contribution in [0.4, 0.5) is 5.95 Å². The van der Waals surface area contributed by atoms with Crippen molar-refractivity contribution < 1.29 is 54.8 Å². The van der Waals surface area contributed by atoms with E-state index in [-0.39, 0.29) is 65.3 Å². The highest BCUT2D eigenvalue weighted by molar-refractivity contribution is 8.44. The number of aromatic amines is 1. The average molecular weight is 1030 g/mol. The molecule has 0 spiro atoms. The Labute approximate surface area is 397 Å². The van der Waals surface area contributed by atoms with Crippen molar-refractivity contribution in [3.8, 4) is 11.9 Å². The van der Waals surface area contributed by atoms with E-state index in [4.69, 9.17) is 52.4 Å². The number of aromatic nitrogens is 6. The van der Waals surface area contributed by atoms with Gasteiger partial charge in [-0.05, 0) is 40.4 Å². The van der Waals surface area contributed by atoms with Gasteiger partial charge in [-0.15, -0.1) is 0 Å². The van der Waals surface area contributed by atoms with Crippen LogP contribution in [0.15, 0.2) is 29.7 Å². The number of carbonyl (C=O) groups excluding carboxylic acids is 1. The molecule has 9 atom stereocenters. The lowest BCUT2D eigenvalue weighted by molar-refractivity contribution is -0.118. The summed E-state index contributed by atoms with van der Waals surface area (Å²) in [7, 11) is -7.22. The highest BCUT2D eigenvalue weighted by Gasteiger charge is 2.60. The zero-order chi connectivity index (χ0) is 48.4. The zero-order valence-electron chi connectivity index (χ0n) is 38.8. The van der Waals surface area contributed by atoms with Crippen LogP contribution in [0.1, 0.15) is 94.7 Å². The van der Waals surface area contributed by atoms with Crippen molar-refractivity contribution in [3.05, 3.63) is 35.3 Å². The number of nitrogens with one attached hydrogen (secondary N) is 2. The smallest absolute Gasteiger partial charge is 0.386 e. The fourth-order valence-electron chi connectivity index (χ4n) is 8.29. The Hall–Kier alpha value is -2.51. The van der Waals surface area contributed by atoms with E-state index < -0.39 is 97.3 Å². The predicted molar refractivity (Wildman–Crippen MR) is 253 cm³/mol. The van der Waals surface area contributed by atoms with Crippen molar-refractivity contribution in [3.63, 3.8) is 0 Å². The predicted octanol–water partition coefficient (Wildman–Crippen LogP) is 7.19. The molecule has 366 valence electrons. The number of H-pyrrole nitrogens is 1. The fourth-order valence-corrected chi connectivity index (χ4v) is 21.9. The first-order chi connectivity index (χ1) is 31.0. The lowest BCUT2D eigenvalue weighted by atomic mass is 10.1. The van der Waals surface area contributed by atoms with Gasteiger partial charge in [-0.2, -0.15) is 10.2 Å². The summed E-state index contributed by atoms with van der Waals surface area (Å²) in [6, 6.07) is 3.68. The number of nitrogens with zero attached hydrogens (tertiary/aromatic N) is 6. The van der Waals surface area contributed by atoms with Crippen molar-refractivity contribution in [2.45, 2.75) is 147 Å². The van der Waals surface area contributed by atoms with Crippen LogP contribution in [0.2, 0.25) is 22.2 Å². The summed E-state index contributed by atoms with van der Waals surface area (Å²) in [6.45, 7) is 10.1. The minimum Gasteiger partial charge on any atom is -0.474 e. The van der Waals surface area contributed by atoms with Crippen LogP contribution in [0.3, 0.4) is 0 Å². The van der Waals surface area contributed by atoms with E-state index in [1.54, 1.807) is 26.1 Å². The minimum atomic E-state index is -4.22. The number of carbonyl (C=O) groups is 1. The molecule has 21 nitrogen and oxygen atoms in total. The van der Waals surface area contributed by atoms with E-state index in [0.717, 1.165) is 0 Å². The molecule has 3 aromatic heterocycles. The molecule has 27 heteroatoms. The van der Waals surface area contributed by atoms with Gasteiger partial charge in [0.15, 0.2) is 17.4 Å². The maximum atomic E-state index is 14.4. The lowest BCUT2D eigenvalue weighted by Crippen LogP contribution is -2.62. The van der Waals surface area contributed by atoms with E-state index >= 15 is 0 Å². The van der Waals surface area contributed by atoms with Crippen LogP contribution in [0.25, 0.3) is 11.2 Å². The lowest BCUT2D eigenvalue weighted by Gasteiger charge is -2.47. The van der Waals surface area contributed by atoms with E-state index in [1.165, 1.54) is 17.2 Å². The number of ether oxygens (including phenoxy) is 2.